The van der Waals surface area contributed by atoms with Gasteiger partial charge in [0.15, 0.2) is 5.11 Å². The number of benzene rings is 1. The van der Waals surface area contributed by atoms with Crippen LogP contribution in [0.15, 0.2) is 54.7 Å². The molecule has 0 bridgehead atoms. The Labute approximate surface area is 178 Å². The quantitative estimate of drug-likeness (QED) is 0.577. The summed E-state index contributed by atoms with van der Waals surface area (Å²) in [7, 11) is 0. The molecule has 4 rings (SSSR count). The molecule has 1 aliphatic heterocycles. The van der Waals surface area contributed by atoms with Crippen LogP contribution in [-0.4, -0.2) is 14.7 Å². The molecule has 1 N–H and O–H groups in total. The Balaban J connectivity index is 1.90. The van der Waals surface area contributed by atoms with Gasteiger partial charge in [-0.25, -0.2) is 0 Å². The molecule has 0 saturated carbocycles. The average molecular weight is 405 g/mol. The number of nitrogens with one attached hydrogen (secondary N) is 1. The lowest BCUT2D eigenvalue weighted by Gasteiger charge is -2.28. The third-order valence-electron chi connectivity index (χ3n) is 5.74. The predicted octanol–water partition coefficient (Wildman–Crippen LogP) is 5.57. The summed E-state index contributed by atoms with van der Waals surface area (Å²) in [6.07, 6.45) is 1.85. The maximum atomic E-state index is 5.83. The van der Waals surface area contributed by atoms with Gasteiger partial charge in [0.25, 0.3) is 0 Å². The molecule has 0 amide bonds. The Bertz CT molecular complexity index is 1040. The molecule has 150 valence electrons. The Morgan fingerprint density at radius 1 is 1.03 bits per heavy atom. The predicted molar refractivity (Wildman–Crippen MR) is 123 cm³/mol. The summed E-state index contributed by atoms with van der Waals surface area (Å²) in [5, 5.41) is 4.30. The van der Waals surface area contributed by atoms with Crippen molar-refractivity contribution in [3.63, 3.8) is 0 Å². The molecule has 29 heavy (non-hydrogen) atoms. The van der Waals surface area contributed by atoms with E-state index in [4.69, 9.17) is 12.2 Å². The summed E-state index contributed by atoms with van der Waals surface area (Å²) in [6, 6.07) is 17.4. The second-order valence-corrected chi connectivity index (χ2v) is 8.51. The maximum Gasteiger partial charge on any atom is 0.174 e. The Hall–Kier alpha value is -2.66. The minimum Gasteiger partial charge on any atom is -0.351 e. The zero-order valence-corrected chi connectivity index (χ0v) is 18.5. The van der Waals surface area contributed by atoms with Crippen LogP contribution in [0, 0.1) is 20.8 Å². The summed E-state index contributed by atoms with van der Waals surface area (Å²) >= 11 is 5.83. The lowest BCUT2D eigenvalue weighted by molar-refractivity contribution is 0.547. The molecular weight excluding hydrogens is 376 g/mol. The van der Waals surface area contributed by atoms with Gasteiger partial charge in [-0.1, -0.05) is 18.2 Å². The number of aryl methyl sites for hydroxylation is 2. The summed E-state index contributed by atoms with van der Waals surface area (Å²) in [4.78, 5) is 6.91. The zero-order chi connectivity index (χ0) is 20.7. The van der Waals surface area contributed by atoms with Gasteiger partial charge in [0.05, 0.1) is 17.8 Å². The van der Waals surface area contributed by atoms with E-state index in [1.165, 1.54) is 22.5 Å². The highest BCUT2D eigenvalue weighted by Gasteiger charge is 2.42. The molecule has 3 heterocycles. The number of thiocarbonyl (C=S) groups is 1. The number of aromatic nitrogens is 2. The van der Waals surface area contributed by atoms with E-state index in [2.05, 4.69) is 90.8 Å². The SMILES string of the molecule is Cc1cccc(N2C(=S)N[C@H](c3ccccn3)[C@H]2c2cc(C)n(C(C)C)c2C)c1. The zero-order valence-electron chi connectivity index (χ0n) is 17.7. The summed E-state index contributed by atoms with van der Waals surface area (Å²) in [5.41, 5.74) is 7.19. The normalized spacial score (nSPS) is 19.1. The minimum absolute atomic E-state index is 0.00896. The van der Waals surface area contributed by atoms with Gasteiger partial charge in [-0.2, -0.15) is 0 Å². The van der Waals surface area contributed by atoms with Gasteiger partial charge in [-0.3, -0.25) is 4.98 Å². The lowest BCUT2D eigenvalue weighted by Crippen LogP contribution is -2.29. The molecule has 2 aromatic heterocycles. The van der Waals surface area contributed by atoms with Gasteiger partial charge in [-0.05, 0) is 88.3 Å². The van der Waals surface area contributed by atoms with Crippen LogP contribution in [0.3, 0.4) is 0 Å². The van der Waals surface area contributed by atoms with Crippen molar-refractivity contribution >= 4 is 23.0 Å². The van der Waals surface area contributed by atoms with E-state index in [-0.39, 0.29) is 12.1 Å². The van der Waals surface area contributed by atoms with Crippen LogP contribution in [0.1, 0.15) is 60.2 Å². The molecule has 0 unspecified atom stereocenters. The van der Waals surface area contributed by atoms with E-state index < -0.39 is 0 Å². The molecule has 4 nitrogen and oxygen atoms in total. The van der Waals surface area contributed by atoms with Crippen molar-refractivity contribution in [1.29, 1.82) is 0 Å². The van der Waals surface area contributed by atoms with Crippen molar-refractivity contribution in [3.8, 4) is 0 Å². The van der Waals surface area contributed by atoms with Gasteiger partial charge >= 0.3 is 0 Å². The topological polar surface area (TPSA) is 33.1 Å². The van der Waals surface area contributed by atoms with Crippen LogP contribution in [-0.2, 0) is 0 Å². The van der Waals surface area contributed by atoms with Crippen LogP contribution in [0.25, 0.3) is 0 Å². The lowest BCUT2D eigenvalue weighted by atomic mass is 9.96. The molecular formula is C24H28N4S. The van der Waals surface area contributed by atoms with E-state index in [9.17, 15) is 0 Å². The van der Waals surface area contributed by atoms with Crippen molar-refractivity contribution in [2.24, 2.45) is 0 Å². The average Bonchev–Trinajstić information content (AvgIpc) is 3.18. The van der Waals surface area contributed by atoms with Crippen molar-refractivity contribution in [2.75, 3.05) is 4.90 Å². The van der Waals surface area contributed by atoms with Gasteiger partial charge < -0.3 is 14.8 Å². The van der Waals surface area contributed by atoms with Crippen molar-refractivity contribution in [3.05, 3.63) is 82.9 Å². The summed E-state index contributed by atoms with van der Waals surface area (Å²) in [5.74, 6) is 0. The Morgan fingerprint density at radius 3 is 2.45 bits per heavy atom. The van der Waals surface area contributed by atoms with E-state index in [0.717, 1.165) is 16.5 Å². The second kappa shape index (κ2) is 7.64. The third-order valence-corrected chi connectivity index (χ3v) is 6.05. The van der Waals surface area contributed by atoms with Crippen LogP contribution >= 0.6 is 12.2 Å². The standard InChI is InChI=1S/C24H28N4S/c1-15(2)27-17(4)14-20(18(27)5)23-22(21-11-6-7-12-25-21)26-24(29)28(23)19-10-8-9-16(3)13-19/h6-15,22-23H,1-5H3,(H,26,29)/t22-,23-/m1/s1. The first kappa shape index (κ1) is 19.6. The van der Waals surface area contributed by atoms with Crippen molar-refractivity contribution < 1.29 is 0 Å². The smallest absolute Gasteiger partial charge is 0.174 e. The second-order valence-electron chi connectivity index (χ2n) is 8.13. The molecule has 3 aromatic rings. The fourth-order valence-corrected chi connectivity index (χ4v) is 4.97. The number of anilines is 1. The van der Waals surface area contributed by atoms with Crippen molar-refractivity contribution in [2.45, 2.75) is 52.7 Å². The highest BCUT2D eigenvalue weighted by molar-refractivity contribution is 7.80. The Morgan fingerprint density at radius 2 is 1.83 bits per heavy atom. The molecule has 1 saturated heterocycles. The number of hydrogen-bond donors (Lipinski definition) is 1. The van der Waals surface area contributed by atoms with E-state index in [1.807, 2.05) is 18.3 Å². The number of nitrogens with zero attached hydrogens (tertiary/aromatic N) is 3. The third kappa shape index (κ3) is 3.44. The van der Waals surface area contributed by atoms with Crippen LogP contribution < -0.4 is 10.2 Å². The molecule has 1 aromatic carbocycles. The molecule has 0 aliphatic carbocycles. The molecule has 5 heteroatoms. The van der Waals surface area contributed by atoms with Gasteiger partial charge in [-0.15, -0.1) is 0 Å². The Kier molecular flexibility index (Phi) is 5.17. The number of hydrogen-bond acceptors (Lipinski definition) is 2. The summed E-state index contributed by atoms with van der Waals surface area (Å²) < 4.78 is 2.40. The van der Waals surface area contributed by atoms with Gasteiger partial charge in [0.1, 0.15) is 0 Å². The summed E-state index contributed by atoms with van der Waals surface area (Å²) in [6.45, 7) is 11.0. The molecule has 2 atom stereocenters. The monoisotopic (exact) mass is 404 g/mol. The first-order valence-corrected chi connectivity index (χ1v) is 10.5. The van der Waals surface area contributed by atoms with Crippen LogP contribution in [0.2, 0.25) is 0 Å². The van der Waals surface area contributed by atoms with Gasteiger partial charge in [0, 0.05) is 29.3 Å². The highest BCUT2D eigenvalue weighted by Crippen LogP contribution is 2.43. The van der Waals surface area contributed by atoms with E-state index >= 15 is 0 Å². The first-order chi connectivity index (χ1) is 13.9. The molecule has 0 spiro atoms. The largest absolute Gasteiger partial charge is 0.351 e. The molecule has 1 fully saturated rings. The number of pyridine rings is 1. The van der Waals surface area contributed by atoms with E-state index in [1.54, 1.807) is 0 Å². The van der Waals surface area contributed by atoms with Crippen molar-refractivity contribution in [1.82, 2.24) is 14.9 Å². The number of rotatable bonds is 4. The molecule has 1 aliphatic rings. The first-order valence-electron chi connectivity index (χ1n) is 10.1. The fourth-order valence-electron chi connectivity index (χ4n) is 4.62. The van der Waals surface area contributed by atoms with Gasteiger partial charge in [0.2, 0.25) is 0 Å². The minimum atomic E-state index is -0.00896. The van der Waals surface area contributed by atoms with Crippen LogP contribution in [0.4, 0.5) is 5.69 Å². The molecule has 0 radical (unpaired) electrons. The highest BCUT2D eigenvalue weighted by atomic mass is 32.1. The van der Waals surface area contributed by atoms with E-state index in [0.29, 0.717) is 6.04 Å². The van der Waals surface area contributed by atoms with Crippen LogP contribution in [0.5, 0.6) is 0 Å². The fraction of sp³-hybridized carbons (Fsp3) is 0.333. The maximum absolute atomic E-state index is 5.83.